The number of rotatable bonds is 7. The molecule has 1 aromatic rings. The number of hydrogen-bond donors (Lipinski definition) is 2. The van der Waals surface area contributed by atoms with Gasteiger partial charge in [0.2, 0.25) is 5.91 Å². The van der Waals surface area contributed by atoms with Gasteiger partial charge in [0, 0.05) is 50.9 Å². The molecule has 1 amide bonds. The average Bonchev–Trinajstić information content (AvgIpc) is 3.11. The third-order valence-electron chi connectivity index (χ3n) is 4.57. The molecule has 0 saturated carbocycles. The number of aliphatic imine (C=N–C) groups is 1. The van der Waals surface area contributed by atoms with Crippen molar-refractivity contribution >= 4 is 11.6 Å². The van der Waals surface area contributed by atoms with E-state index in [1.165, 1.54) is 11.1 Å². The fourth-order valence-electron chi connectivity index (χ4n) is 3.22. The van der Waals surface area contributed by atoms with Crippen LogP contribution in [0.15, 0.2) is 41.5 Å². The molecule has 0 saturated heterocycles. The van der Waals surface area contributed by atoms with Gasteiger partial charge in [-0.15, -0.1) is 0 Å². The van der Waals surface area contributed by atoms with Gasteiger partial charge in [0.1, 0.15) is 0 Å². The average molecular weight is 327 g/mol. The van der Waals surface area contributed by atoms with Crippen LogP contribution in [0.4, 0.5) is 0 Å². The molecule has 0 aliphatic carbocycles. The van der Waals surface area contributed by atoms with Crippen LogP contribution in [0.1, 0.15) is 30.4 Å². The largest absolute Gasteiger partial charge is 0.390 e. The summed E-state index contributed by atoms with van der Waals surface area (Å²) < 4.78 is 0. The van der Waals surface area contributed by atoms with E-state index in [0.29, 0.717) is 25.9 Å². The van der Waals surface area contributed by atoms with Crippen LogP contribution in [0.25, 0.3) is 0 Å². The smallest absolute Gasteiger partial charge is 0.220 e. The molecular weight excluding hydrogens is 302 g/mol. The maximum Gasteiger partial charge on any atom is 0.220 e. The maximum absolute atomic E-state index is 11.8. The zero-order chi connectivity index (χ0) is 16.8. The number of carbonyl (C=O) groups is 1. The van der Waals surface area contributed by atoms with Crippen molar-refractivity contribution < 1.29 is 9.90 Å². The summed E-state index contributed by atoms with van der Waals surface area (Å²) in [5.74, 6) is -0.0207. The number of β-amino-alcohol motifs (C(OH)–C–C–N with tert-alkyl or cyclic N) is 1. The number of carbonyl (C=O) groups excluding carboxylic acids is 1. The number of allylic oxidation sites excluding steroid dienone is 1. The minimum Gasteiger partial charge on any atom is -0.390 e. The first-order chi connectivity index (χ1) is 11.7. The molecule has 24 heavy (non-hydrogen) atoms. The molecule has 2 aliphatic rings. The van der Waals surface area contributed by atoms with Gasteiger partial charge in [0.05, 0.1) is 6.10 Å². The van der Waals surface area contributed by atoms with Crippen LogP contribution in [0.2, 0.25) is 0 Å². The van der Waals surface area contributed by atoms with Crippen molar-refractivity contribution in [3.05, 3.63) is 47.7 Å². The fraction of sp³-hybridized carbons (Fsp3) is 0.474. The second-order valence-corrected chi connectivity index (χ2v) is 6.50. The monoisotopic (exact) mass is 327 g/mol. The third kappa shape index (κ3) is 4.76. The van der Waals surface area contributed by atoms with Crippen LogP contribution >= 0.6 is 0 Å². The molecule has 0 spiro atoms. The highest BCUT2D eigenvalue weighted by Gasteiger charge is 2.18. The van der Waals surface area contributed by atoms with Crippen molar-refractivity contribution in [2.45, 2.75) is 38.3 Å². The van der Waals surface area contributed by atoms with E-state index < -0.39 is 6.10 Å². The molecule has 0 radical (unpaired) electrons. The van der Waals surface area contributed by atoms with Crippen molar-refractivity contribution in [2.75, 3.05) is 19.6 Å². The van der Waals surface area contributed by atoms with Gasteiger partial charge in [-0.2, -0.15) is 0 Å². The normalized spacial score (nSPS) is 18.1. The predicted octanol–water partition coefficient (Wildman–Crippen LogP) is 1.66. The summed E-state index contributed by atoms with van der Waals surface area (Å²) in [4.78, 5) is 18.3. The van der Waals surface area contributed by atoms with E-state index in [-0.39, 0.29) is 5.91 Å². The molecule has 5 heteroatoms. The van der Waals surface area contributed by atoms with Gasteiger partial charge in [0.25, 0.3) is 0 Å². The van der Waals surface area contributed by atoms with E-state index in [0.717, 1.165) is 31.6 Å². The second kappa shape index (κ2) is 8.22. The molecule has 0 unspecified atom stereocenters. The number of amides is 1. The Kier molecular flexibility index (Phi) is 5.77. The molecule has 0 bridgehead atoms. The molecule has 0 aromatic heterocycles. The van der Waals surface area contributed by atoms with E-state index in [1.54, 1.807) is 6.20 Å². The molecule has 128 valence electrons. The van der Waals surface area contributed by atoms with Crippen LogP contribution in [0.5, 0.6) is 0 Å². The number of nitrogens with one attached hydrogen (secondary N) is 1. The SMILES string of the molecule is O=C(CCC1=NC=CC1)NC[C@H](O)CN1CCc2ccccc2C1. The molecule has 2 N–H and O–H groups in total. The van der Waals surface area contributed by atoms with E-state index in [1.807, 2.05) is 6.08 Å². The van der Waals surface area contributed by atoms with Gasteiger partial charge in [-0.1, -0.05) is 30.3 Å². The Morgan fingerprint density at radius 2 is 2.17 bits per heavy atom. The van der Waals surface area contributed by atoms with Gasteiger partial charge in [-0.05, 0) is 24.0 Å². The van der Waals surface area contributed by atoms with Gasteiger partial charge in [0.15, 0.2) is 0 Å². The lowest BCUT2D eigenvalue weighted by Crippen LogP contribution is -2.42. The highest BCUT2D eigenvalue weighted by atomic mass is 16.3. The molecular formula is C19H25N3O2. The summed E-state index contributed by atoms with van der Waals surface area (Å²) in [5, 5.41) is 13.0. The quantitative estimate of drug-likeness (QED) is 0.800. The number of nitrogens with zero attached hydrogens (tertiary/aromatic N) is 2. The Labute approximate surface area is 143 Å². The van der Waals surface area contributed by atoms with Crippen LogP contribution in [-0.4, -0.2) is 47.4 Å². The summed E-state index contributed by atoms with van der Waals surface area (Å²) >= 11 is 0. The van der Waals surface area contributed by atoms with Crippen molar-refractivity contribution in [1.82, 2.24) is 10.2 Å². The highest BCUT2D eigenvalue weighted by Crippen LogP contribution is 2.18. The lowest BCUT2D eigenvalue weighted by atomic mass is 10.00. The summed E-state index contributed by atoms with van der Waals surface area (Å²) in [6.07, 6.45) is 6.24. The van der Waals surface area contributed by atoms with Crippen LogP contribution in [-0.2, 0) is 17.8 Å². The van der Waals surface area contributed by atoms with Gasteiger partial charge in [-0.3, -0.25) is 14.7 Å². The van der Waals surface area contributed by atoms with Crippen LogP contribution < -0.4 is 5.32 Å². The van der Waals surface area contributed by atoms with E-state index in [4.69, 9.17) is 0 Å². The Bertz CT molecular complexity index is 639. The molecule has 2 heterocycles. The second-order valence-electron chi connectivity index (χ2n) is 6.50. The number of aliphatic hydroxyl groups excluding tert-OH is 1. The Morgan fingerprint density at radius 3 is 2.96 bits per heavy atom. The van der Waals surface area contributed by atoms with Crippen LogP contribution in [0, 0.1) is 0 Å². The highest BCUT2D eigenvalue weighted by molar-refractivity contribution is 5.91. The Balaban J connectivity index is 1.35. The first kappa shape index (κ1) is 16.9. The van der Waals surface area contributed by atoms with Crippen molar-refractivity contribution in [3.8, 4) is 0 Å². The summed E-state index contributed by atoms with van der Waals surface area (Å²) in [6.45, 7) is 2.72. The lowest BCUT2D eigenvalue weighted by Gasteiger charge is -2.30. The molecule has 2 aliphatic heterocycles. The number of fused-ring (bicyclic) bond motifs is 1. The fourth-order valence-corrected chi connectivity index (χ4v) is 3.22. The van der Waals surface area contributed by atoms with Crippen LogP contribution in [0.3, 0.4) is 0 Å². The molecule has 1 aromatic carbocycles. The summed E-state index contributed by atoms with van der Waals surface area (Å²) in [7, 11) is 0. The first-order valence-corrected chi connectivity index (χ1v) is 8.65. The predicted molar refractivity (Wildman–Crippen MR) is 94.9 cm³/mol. The number of benzene rings is 1. The molecule has 1 atom stereocenters. The summed E-state index contributed by atoms with van der Waals surface area (Å²) in [5.41, 5.74) is 3.80. The molecule has 0 fully saturated rings. The van der Waals surface area contributed by atoms with E-state index >= 15 is 0 Å². The molecule has 3 rings (SSSR count). The Morgan fingerprint density at radius 1 is 1.33 bits per heavy atom. The van der Waals surface area contributed by atoms with E-state index in [9.17, 15) is 9.90 Å². The Hall–Kier alpha value is -1.98. The number of hydrogen-bond acceptors (Lipinski definition) is 4. The van der Waals surface area contributed by atoms with Gasteiger partial charge >= 0.3 is 0 Å². The third-order valence-corrected chi connectivity index (χ3v) is 4.57. The topological polar surface area (TPSA) is 64.9 Å². The minimum absolute atomic E-state index is 0.0207. The first-order valence-electron chi connectivity index (χ1n) is 8.65. The van der Waals surface area contributed by atoms with E-state index in [2.05, 4.69) is 39.5 Å². The lowest BCUT2D eigenvalue weighted by molar-refractivity contribution is -0.121. The zero-order valence-electron chi connectivity index (χ0n) is 13.9. The maximum atomic E-state index is 11.8. The number of aliphatic hydroxyl groups is 1. The zero-order valence-corrected chi connectivity index (χ0v) is 13.9. The molecule has 5 nitrogen and oxygen atoms in total. The van der Waals surface area contributed by atoms with Crippen molar-refractivity contribution in [2.24, 2.45) is 4.99 Å². The standard InChI is InChI=1S/C19H25N3O2/c23-18(12-21-19(24)8-7-17-6-3-10-20-17)14-22-11-9-15-4-1-2-5-16(15)13-22/h1-5,10,18,23H,6-9,11-14H2,(H,21,24)/t18-/m0/s1. The van der Waals surface area contributed by atoms with Crippen molar-refractivity contribution in [3.63, 3.8) is 0 Å². The summed E-state index contributed by atoms with van der Waals surface area (Å²) in [6, 6.07) is 8.46. The van der Waals surface area contributed by atoms with Crippen molar-refractivity contribution in [1.29, 1.82) is 0 Å². The minimum atomic E-state index is -0.537. The van der Waals surface area contributed by atoms with Gasteiger partial charge < -0.3 is 10.4 Å². The van der Waals surface area contributed by atoms with Gasteiger partial charge in [-0.25, -0.2) is 0 Å².